The van der Waals surface area contributed by atoms with Gasteiger partial charge >= 0.3 is 23.9 Å². The first-order valence-corrected chi connectivity index (χ1v) is 8.77. The van der Waals surface area contributed by atoms with E-state index in [9.17, 15) is 19.2 Å². The minimum atomic E-state index is -1.39. The molecule has 26 heavy (non-hydrogen) atoms. The first-order chi connectivity index (χ1) is 11.8. The van der Waals surface area contributed by atoms with E-state index >= 15 is 0 Å². The maximum atomic E-state index is 12.5. The summed E-state index contributed by atoms with van der Waals surface area (Å²) < 4.78 is 26.3. The maximum absolute atomic E-state index is 12.5. The molecule has 0 radical (unpaired) electrons. The Bertz CT molecular complexity index is 569. The van der Waals surface area contributed by atoms with Crippen LogP contribution >= 0.6 is 15.9 Å². The summed E-state index contributed by atoms with van der Waals surface area (Å²) in [4.78, 5) is 46.9. The highest BCUT2D eigenvalue weighted by molar-refractivity contribution is 9.09. The average Bonchev–Trinajstić information content (AvgIpc) is 2.42. The van der Waals surface area contributed by atoms with Crippen LogP contribution in [0.4, 0.5) is 0 Å². The quantitative estimate of drug-likeness (QED) is 0.363. The lowest BCUT2D eigenvalue weighted by Gasteiger charge is -2.42. The van der Waals surface area contributed by atoms with Crippen LogP contribution in [0.3, 0.4) is 0 Å². The van der Waals surface area contributed by atoms with Gasteiger partial charge in [-0.25, -0.2) is 4.79 Å². The number of hydrogen-bond acceptors (Lipinski definition) is 9. The fraction of sp³-hybridized carbons (Fsp3) is 0.750. The maximum Gasteiger partial charge on any atom is 0.339 e. The third-order valence-electron chi connectivity index (χ3n) is 3.03. The molecule has 5 atom stereocenters. The zero-order valence-electron chi connectivity index (χ0n) is 15.4. The van der Waals surface area contributed by atoms with Gasteiger partial charge in [-0.2, -0.15) is 0 Å². The van der Waals surface area contributed by atoms with E-state index in [4.69, 9.17) is 23.7 Å². The molecule has 0 aromatic heterocycles. The summed E-state index contributed by atoms with van der Waals surface area (Å²) in [7, 11) is 0. The van der Waals surface area contributed by atoms with E-state index in [1.165, 1.54) is 0 Å². The summed E-state index contributed by atoms with van der Waals surface area (Å²) in [5.41, 5.74) is -0.827. The van der Waals surface area contributed by atoms with E-state index in [1.54, 1.807) is 20.8 Å². The first kappa shape index (κ1) is 22.4. The Labute approximate surface area is 159 Å². The van der Waals surface area contributed by atoms with Gasteiger partial charge in [0, 0.05) is 20.8 Å². The standard InChI is InChI=1S/C16H23BrO9/c1-7(18)22-10-11(23-8(2)19)13(15(21)26-16(4,5)6)25-14(17)12(10)24-9(3)20/h10-14H,1-6H3. The molecule has 1 fully saturated rings. The van der Waals surface area contributed by atoms with Gasteiger partial charge in [-0.05, 0) is 20.8 Å². The molecule has 0 amide bonds. The summed E-state index contributed by atoms with van der Waals surface area (Å²) in [6, 6.07) is 0. The minimum absolute atomic E-state index is 0.669. The average molecular weight is 439 g/mol. The number of esters is 4. The number of rotatable bonds is 4. The van der Waals surface area contributed by atoms with Crippen LogP contribution < -0.4 is 0 Å². The molecular weight excluding hydrogens is 416 g/mol. The zero-order valence-corrected chi connectivity index (χ0v) is 17.0. The van der Waals surface area contributed by atoms with Gasteiger partial charge in [0.05, 0.1) is 0 Å². The summed E-state index contributed by atoms with van der Waals surface area (Å²) >= 11 is 3.16. The molecule has 1 saturated heterocycles. The van der Waals surface area contributed by atoms with Crippen LogP contribution in [0, 0.1) is 0 Å². The van der Waals surface area contributed by atoms with E-state index in [0.717, 1.165) is 20.8 Å². The van der Waals surface area contributed by atoms with Crippen molar-refractivity contribution in [2.75, 3.05) is 0 Å². The predicted octanol–water partition coefficient (Wildman–Crippen LogP) is 1.24. The van der Waals surface area contributed by atoms with Crippen molar-refractivity contribution in [3.63, 3.8) is 0 Å². The van der Waals surface area contributed by atoms with Gasteiger partial charge in [-0.15, -0.1) is 0 Å². The largest absolute Gasteiger partial charge is 0.458 e. The van der Waals surface area contributed by atoms with Crippen LogP contribution in [0.1, 0.15) is 41.5 Å². The summed E-state index contributed by atoms with van der Waals surface area (Å²) in [6.07, 6.45) is -5.15. The van der Waals surface area contributed by atoms with Gasteiger partial charge in [0.1, 0.15) is 5.60 Å². The molecule has 148 valence electrons. The van der Waals surface area contributed by atoms with Crippen molar-refractivity contribution in [1.29, 1.82) is 0 Å². The van der Waals surface area contributed by atoms with Crippen molar-refractivity contribution >= 4 is 39.8 Å². The predicted molar refractivity (Wildman–Crippen MR) is 90.1 cm³/mol. The Morgan fingerprint density at radius 3 is 1.65 bits per heavy atom. The van der Waals surface area contributed by atoms with Crippen LogP contribution in [0.2, 0.25) is 0 Å². The van der Waals surface area contributed by atoms with Crippen LogP contribution in [0.5, 0.6) is 0 Å². The van der Waals surface area contributed by atoms with Crippen LogP contribution in [0.15, 0.2) is 0 Å². The summed E-state index contributed by atoms with van der Waals surface area (Å²) in [6.45, 7) is 8.39. The molecule has 0 saturated carbocycles. The number of ether oxygens (including phenoxy) is 5. The molecule has 0 spiro atoms. The molecule has 1 rings (SSSR count). The number of hydrogen-bond donors (Lipinski definition) is 0. The van der Waals surface area contributed by atoms with Crippen molar-refractivity contribution < 1.29 is 42.9 Å². The first-order valence-electron chi connectivity index (χ1n) is 7.86. The SMILES string of the molecule is CC(=O)OC1C(Br)OC(C(=O)OC(C)(C)C)C(OC(C)=O)C1OC(C)=O. The molecule has 10 heteroatoms. The highest BCUT2D eigenvalue weighted by atomic mass is 79.9. The van der Waals surface area contributed by atoms with Crippen LogP contribution in [0.25, 0.3) is 0 Å². The fourth-order valence-corrected chi connectivity index (χ4v) is 2.95. The molecule has 9 nitrogen and oxygen atoms in total. The van der Waals surface area contributed by atoms with Gasteiger partial charge in [0.15, 0.2) is 29.4 Å². The van der Waals surface area contributed by atoms with E-state index in [0.29, 0.717) is 0 Å². The van der Waals surface area contributed by atoms with Gasteiger partial charge in [0.25, 0.3) is 0 Å². The lowest BCUT2D eigenvalue weighted by molar-refractivity contribution is -0.237. The lowest BCUT2D eigenvalue weighted by atomic mass is 9.98. The molecule has 1 aliphatic rings. The van der Waals surface area contributed by atoms with Gasteiger partial charge in [-0.3, -0.25) is 14.4 Å². The minimum Gasteiger partial charge on any atom is -0.458 e. The molecule has 1 heterocycles. The highest BCUT2D eigenvalue weighted by Gasteiger charge is 2.54. The Morgan fingerprint density at radius 2 is 1.23 bits per heavy atom. The van der Waals surface area contributed by atoms with Crippen molar-refractivity contribution in [2.24, 2.45) is 0 Å². The Morgan fingerprint density at radius 1 is 0.808 bits per heavy atom. The molecule has 5 unspecified atom stereocenters. The third kappa shape index (κ3) is 6.56. The van der Waals surface area contributed by atoms with Crippen molar-refractivity contribution in [3.05, 3.63) is 0 Å². The van der Waals surface area contributed by atoms with E-state index in [2.05, 4.69) is 15.9 Å². The molecule has 0 bridgehead atoms. The van der Waals surface area contributed by atoms with Crippen LogP contribution in [-0.4, -0.2) is 58.9 Å². The zero-order chi connectivity index (χ0) is 20.2. The Kier molecular flexibility index (Phi) is 7.57. The topological polar surface area (TPSA) is 114 Å². The molecular formula is C16H23BrO9. The van der Waals surface area contributed by atoms with Gasteiger partial charge in [0.2, 0.25) is 0 Å². The smallest absolute Gasteiger partial charge is 0.339 e. The Balaban J connectivity index is 3.25. The monoisotopic (exact) mass is 438 g/mol. The van der Waals surface area contributed by atoms with Crippen molar-refractivity contribution in [1.82, 2.24) is 0 Å². The second-order valence-electron chi connectivity index (χ2n) is 6.66. The van der Waals surface area contributed by atoms with Crippen molar-refractivity contribution in [3.8, 4) is 0 Å². The second-order valence-corrected chi connectivity index (χ2v) is 7.57. The molecule has 0 aromatic carbocycles. The molecule has 0 aliphatic carbocycles. The molecule has 0 aromatic rings. The van der Waals surface area contributed by atoms with E-state index < -0.39 is 58.9 Å². The van der Waals surface area contributed by atoms with Crippen molar-refractivity contribution in [2.45, 2.75) is 76.6 Å². The van der Waals surface area contributed by atoms with E-state index in [1.807, 2.05) is 0 Å². The fourth-order valence-electron chi connectivity index (χ4n) is 2.31. The normalized spacial score (nSPS) is 28.7. The number of carbonyl (C=O) groups is 4. The van der Waals surface area contributed by atoms with Gasteiger partial charge in [-0.1, -0.05) is 15.9 Å². The summed E-state index contributed by atoms with van der Waals surface area (Å²) in [5.74, 6) is -2.93. The Hall–Kier alpha value is -1.68. The number of carbonyl (C=O) groups excluding carboxylic acids is 4. The number of halogens is 1. The van der Waals surface area contributed by atoms with Crippen LogP contribution in [-0.2, 0) is 42.9 Å². The van der Waals surface area contributed by atoms with Gasteiger partial charge < -0.3 is 23.7 Å². The summed E-state index contributed by atoms with van der Waals surface area (Å²) in [5, 5.41) is -1.000. The number of alkyl halides is 1. The molecule has 0 N–H and O–H groups in total. The van der Waals surface area contributed by atoms with E-state index in [-0.39, 0.29) is 0 Å². The third-order valence-corrected chi connectivity index (χ3v) is 3.76. The second kappa shape index (κ2) is 8.81. The highest BCUT2D eigenvalue weighted by Crippen LogP contribution is 2.32. The lowest BCUT2D eigenvalue weighted by Crippen LogP contribution is -2.62. The molecule has 1 aliphatic heterocycles.